The Balaban J connectivity index is 2.77. The Labute approximate surface area is 113 Å². The summed E-state index contributed by atoms with van der Waals surface area (Å²) in [5, 5.41) is 0.668. The molecule has 2 aromatic rings. The molecule has 2 heterocycles. The minimum atomic E-state index is -0.466. The molecule has 1 N–H and O–H groups in total. The van der Waals surface area contributed by atoms with Gasteiger partial charge in [0, 0.05) is 13.6 Å². The van der Waals surface area contributed by atoms with Crippen LogP contribution in [-0.4, -0.2) is 24.9 Å². The number of hydrogen-bond acceptors (Lipinski definition) is 4. The summed E-state index contributed by atoms with van der Waals surface area (Å²) >= 11 is 1.38. The smallest absolute Gasteiger partial charge is 0.313 e. The van der Waals surface area contributed by atoms with Crippen LogP contribution < -0.4 is 11.2 Å². The van der Waals surface area contributed by atoms with Gasteiger partial charge in [-0.05, 0) is 6.42 Å². The number of terminal acetylenes is 1. The molecule has 7 heteroatoms. The molecule has 0 aliphatic carbocycles. The molecule has 0 radical (unpaired) electrons. The second-order valence-corrected chi connectivity index (χ2v) is 4.97. The highest BCUT2D eigenvalue weighted by molar-refractivity contribution is 7.99. The van der Waals surface area contributed by atoms with Crippen LogP contribution in [0.15, 0.2) is 14.7 Å². The third-order valence-electron chi connectivity index (χ3n) is 2.70. The number of aromatic nitrogens is 4. The van der Waals surface area contributed by atoms with Gasteiger partial charge >= 0.3 is 5.69 Å². The molecular formula is C12H14N4O2S. The van der Waals surface area contributed by atoms with Crippen LogP contribution in [0.1, 0.15) is 13.3 Å². The topological polar surface area (TPSA) is 72.7 Å². The number of aryl methyl sites for hydroxylation is 2. The van der Waals surface area contributed by atoms with Crippen molar-refractivity contribution in [3.63, 3.8) is 0 Å². The van der Waals surface area contributed by atoms with Crippen LogP contribution >= 0.6 is 11.8 Å². The van der Waals surface area contributed by atoms with E-state index < -0.39 is 11.2 Å². The van der Waals surface area contributed by atoms with E-state index in [4.69, 9.17) is 6.42 Å². The maximum Gasteiger partial charge on any atom is 0.329 e. The highest BCUT2D eigenvalue weighted by atomic mass is 32.2. The van der Waals surface area contributed by atoms with E-state index in [1.165, 1.54) is 16.3 Å². The van der Waals surface area contributed by atoms with Gasteiger partial charge in [0.1, 0.15) is 0 Å². The van der Waals surface area contributed by atoms with Gasteiger partial charge in [-0.15, -0.1) is 6.42 Å². The largest absolute Gasteiger partial charge is 0.329 e. The summed E-state index contributed by atoms with van der Waals surface area (Å²) in [5.41, 5.74) is -0.0658. The predicted molar refractivity (Wildman–Crippen MR) is 75.4 cm³/mol. The average Bonchev–Trinajstić information content (AvgIpc) is 2.74. The van der Waals surface area contributed by atoms with Gasteiger partial charge in [0.25, 0.3) is 5.56 Å². The van der Waals surface area contributed by atoms with E-state index in [0.717, 1.165) is 6.42 Å². The molecule has 0 unspecified atom stereocenters. The summed E-state index contributed by atoms with van der Waals surface area (Å²) < 4.78 is 3.15. The van der Waals surface area contributed by atoms with Crippen LogP contribution in [0.4, 0.5) is 0 Å². The SMILES string of the molecule is C#CCSc1nc2c(c(=O)[nH]c(=O)n2C)n1CCC. The highest BCUT2D eigenvalue weighted by Crippen LogP contribution is 2.21. The number of fused-ring (bicyclic) bond motifs is 1. The second-order valence-electron chi connectivity index (χ2n) is 4.03. The maximum atomic E-state index is 12.0. The first-order chi connectivity index (χ1) is 9.10. The second kappa shape index (κ2) is 5.36. The van der Waals surface area contributed by atoms with Gasteiger partial charge in [-0.3, -0.25) is 14.3 Å². The van der Waals surface area contributed by atoms with Gasteiger partial charge in [0.05, 0.1) is 5.75 Å². The predicted octanol–water partition coefficient (Wildman–Crippen LogP) is 0.559. The van der Waals surface area contributed by atoms with Gasteiger partial charge in [0.2, 0.25) is 0 Å². The van der Waals surface area contributed by atoms with Gasteiger partial charge < -0.3 is 4.57 Å². The van der Waals surface area contributed by atoms with Crippen molar-refractivity contribution in [3.8, 4) is 12.3 Å². The van der Waals surface area contributed by atoms with Gasteiger partial charge in [-0.25, -0.2) is 9.78 Å². The molecule has 0 bridgehead atoms. The first kappa shape index (κ1) is 13.5. The monoisotopic (exact) mass is 278 g/mol. The molecule has 0 fully saturated rings. The molecule has 0 amide bonds. The van der Waals surface area contributed by atoms with Gasteiger partial charge in [0.15, 0.2) is 16.3 Å². The van der Waals surface area contributed by atoms with E-state index in [9.17, 15) is 9.59 Å². The minimum Gasteiger partial charge on any atom is -0.313 e. The molecule has 2 aromatic heterocycles. The summed E-state index contributed by atoms with van der Waals surface area (Å²) in [6, 6.07) is 0. The van der Waals surface area contributed by atoms with Crippen LogP contribution in [0.25, 0.3) is 11.2 Å². The summed E-state index contributed by atoms with van der Waals surface area (Å²) in [7, 11) is 1.58. The minimum absolute atomic E-state index is 0.390. The lowest BCUT2D eigenvalue weighted by Gasteiger charge is -2.05. The molecule has 0 aromatic carbocycles. The Kier molecular flexibility index (Phi) is 3.81. The van der Waals surface area contributed by atoms with E-state index in [2.05, 4.69) is 15.9 Å². The summed E-state index contributed by atoms with van der Waals surface area (Å²) in [6.07, 6.45) is 6.11. The Hall–Kier alpha value is -1.94. The van der Waals surface area contributed by atoms with Crippen molar-refractivity contribution < 1.29 is 0 Å². The molecule has 100 valence electrons. The number of nitrogens with one attached hydrogen (secondary N) is 1. The van der Waals surface area contributed by atoms with Crippen molar-refractivity contribution in [2.45, 2.75) is 25.0 Å². The van der Waals surface area contributed by atoms with Crippen LogP contribution in [0.3, 0.4) is 0 Å². The molecule has 6 nitrogen and oxygen atoms in total. The zero-order valence-corrected chi connectivity index (χ0v) is 11.6. The van der Waals surface area contributed by atoms with Crippen molar-refractivity contribution in [2.24, 2.45) is 7.05 Å². The standard InChI is InChI=1S/C12H14N4O2S/c1-4-6-16-8-9(13-12(16)19-7-5-2)15(3)11(18)14-10(8)17/h2H,4,6-7H2,1,3H3,(H,14,17,18). The molecule has 0 saturated carbocycles. The van der Waals surface area contributed by atoms with E-state index >= 15 is 0 Å². The first-order valence-corrected chi connectivity index (χ1v) is 6.84. The average molecular weight is 278 g/mol. The summed E-state index contributed by atoms with van der Waals surface area (Å²) in [6.45, 7) is 2.67. The number of imidazole rings is 1. The number of nitrogens with zero attached hydrogens (tertiary/aromatic N) is 3. The van der Waals surface area contributed by atoms with E-state index in [1.807, 2.05) is 11.5 Å². The fourth-order valence-electron chi connectivity index (χ4n) is 1.86. The Bertz CT molecular complexity index is 763. The van der Waals surface area contributed by atoms with E-state index in [1.54, 1.807) is 7.05 Å². The molecule has 0 aliphatic heterocycles. The highest BCUT2D eigenvalue weighted by Gasteiger charge is 2.16. The van der Waals surface area contributed by atoms with Crippen molar-refractivity contribution in [3.05, 3.63) is 20.8 Å². The number of thioether (sulfide) groups is 1. The molecule has 19 heavy (non-hydrogen) atoms. The molecule has 0 spiro atoms. The zero-order valence-electron chi connectivity index (χ0n) is 10.8. The summed E-state index contributed by atoms with van der Waals surface area (Å²) in [4.78, 5) is 30.2. The van der Waals surface area contributed by atoms with E-state index in [0.29, 0.717) is 28.6 Å². The van der Waals surface area contributed by atoms with Crippen molar-refractivity contribution in [1.82, 2.24) is 19.1 Å². The van der Waals surface area contributed by atoms with Crippen molar-refractivity contribution in [1.29, 1.82) is 0 Å². The zero-order chi connectivity index (χ0) is 14.0. The molecule has 0 saturated heterocycles. The van der Waals surface area contributed by atoms with Crippen molar-refractivity contribution in [2.75, 3.05) is 5.75 Å². The molecular weight excluding hydrogens is 264 g/mol. The molecule has 0 aliphatic rings. The number of rotatable bonds is 4. The Morgan fingerprint density at radius 3 is 2.84 bits per heavy atom. The lowest BCUT2D eigenvalue weighted by molar-refractivity contribution is 0.637. The molecule has 0 atom stereocenters. The first-order valence-electron chi connectivity index (χ1n) is 5.86. The third kappa shape index (κ3) is 2.31. The fraction of sp³-hybridized carbons (Fsp3) is 0.417. The van der Waals surface area contributed by atoms with Crippen LogP contribution in [0.2, 0.25) is 0 Å². The summed E-state index contributed by atoms with van der Waals surface area (Å²) in [5.74, 6) is 3.00. The number of H-pyrrole nitrogens is 1. The fourth-order valence-corrected chi connectivity index (χ4v) is 2.56. The van der Waals surface area contributed by atoms with Gasteiger partial charge in [-0.2, -0.15) is 0 Å². The van der Waals surface area contributed by atoms with Crippen LogP contribution in [-0.2, 0) is 13.6 Å². The van der Waals surface area contributed by atoms with Crippen molar-refractivity contribution >= 4 is 22.9 Å². The van der Waals surface area contributed by atoms with Crippen LogP contribution in [0.5, 0.6) is 0 Å². The lowest BCUT2D eigenvalue weighted by atomic mass is 10.4. The normalized spacial score (nSPS) is 10.8. The third-order valence-corrected chi connectivity index (χ3v) is 3.58. The lowest BCUT2D eigenvalue weighted by Crippen LogP contribution is -2.29. The maximum absolute atomic E-state index is 12.0. The quantitative estimate of drug-likeness (QED) is 0.655. The van der Waals surface area contributed by atoms with Gasteiger partial charge in [-0.1, -0.05) is 24.6 Å². The Morgan fingerprint density at radius 1 is 1.47 bits per heavy atom. The number of aromatic amines is 1. The van der Waals surface area contributed by atoms with E-state index in [-0.39, 0.29) is 0 Å². The molecule has 2 rings (SSSR count). The van der Waals surface area contributed by atoms with Crippen LogP contribution in [0, 0.1) is 12.3 Å². The number of hydrogen-bond donors (Lipinski definition) is 1. The Morgan fingerprint density at radius 2 is 2.21 bits per heavy atom.